The quantitative estimate of drug-likeness (QED) is 0.838. The molecular formula is C15H15F3N6O3. The van der Waals surface area contributed by atoms with Crippen molar-refractivity contribution >= 4 is 17.7 Å². The zero-order chi connectivity index (χ0) is 19.8. The number of alkyl halides is 3. The molecule has 1 aliphatic heterocycles. The summed E-state index contributed by atoms with van der Waals surface area (Å²) in [5.74, 6) is -1.49. The molecule has 0 aliphatic carbocycles. The van der Waals surface area contributed by atoms with Crippen molar-refractivity contribution in [1.82, 2.24) is 24.9 Å². The van der Waals surface area contributed by atoms with Crippen LogP contribution in [0, 0.1) is 0 Å². The third-order valence-corrected chi connectivity index (χ3v) is 4.20. The molecule has 27 heavy (non-hydrogen) atoms. The Morgan fingerprint density at radius 2 is 1.78 bits per heavy atom. The van der Waals surface area contributed by atoms with Crippen LogP contribution in [0.15, 0.2) is 18.3 Å². The molecule has 0 unspecified atom stereocenters. The van der Waals surface area contributed by atoms with Crippen LogP contribution < -0.4 is 4.90 Å². The van der Waals surface area contributed by atoms with Crippen LogP contribution in [0.2, 0.25) is 0 Å². The van der Waals surface area contributed by atoms with Crippen LogP contribution in [0.5, 0.6) is 0 Å². The number of carbonyl (C=O) groups is 2. The van der Waals surface area contributed by atoms with Gasteiger partial charge in [-0.3, -0.25) is 9.48 Å². The van der Waals surface area contributed by atoms with Crippen LogP contribution in [-0.2, 0) is 13.2 Å². The van der Waals surface area contributed by atoms with E-state index in [0.29, 0.717) is 23.6 Å². The Kier molecular flexibility index (Phi) is 4.72. The van der Waals surface area contributed by atoms with Gasteiger partial charge in [-0.05, 0) is 12.1 Å². The minimum absolute atomic E-state index is 0.188. The van der Waals surface area contributed by atoms with Crippen molar-refractivity contribution in [3.63, 3.8) is 0 Å². The average molecular weight is 384 g/mol. The summed E-state index contributed by atoms with van der Waals surface area (Å²) >= 11 is 0. The molecule has 0 atom stereocenters. The van der Waals surface area contributed by atoms with Gasteiger partial charge in [0.15, 0.2) is 17.2 Å². The number of aromatic carboxylic acids is 1. The van der Waals surface area contributed by atoms with Crippen LogP contribution in [0.3, 0.4) is 0 Å². The lowest BCUT2D eigenvalue weighted by Gasteiger charge is -2.35. The van der Waals surface area contributed by atoms with E-state index >= 15 is 0 Å². The highest BCUT2D eigenvalue weighted by atomic mass is 19.4. The van der Waals surface area contributed by atoms with E-state index in [2.05, 4.69) is 15.3 Å². The van der Waals surface area contributed by atoms with Gasteiger partial charge in [0, 0.05) is 33.2 Å². The second-order valence-electron chi connectivity index (χ2n) is 5.89. The number of anilines is 1. The lowest BCUT2D eigenvalue weighted by atomic mass is 10.2. The first-order chi connectivity index (χ1) is 12.7. The minimum Gasteiger partial charge on any atom is -0.476 e. The number of carboxylic acids is 1. The molecular weight excluding hydrogens is 369 g/mol. The van der Waals surface area contributed by atoms with E-state index in [1.54, 1.807) is 4.90 Å². The van der Waals surface area contributed by atoms with Gasteiger partial charge in [0.1, 0.15) is 0 Å². The topological polar surface area (TPSA) is 104 Å². The first-order valence-electron chi connectivity index (χ1n) is 7.89. The molecule has 144 valence electrons. The SMILES string of the molecule is Cn1ncc(C(=O)N2CCN(c3ccc(C(=O)O)nn3)CC2)c1C(F)(F)F. The molecule has 0 aromatic carbocycles. The highest BCUT2D eigenvalue weighted by molar-refractivity contribution is 5.95. The van der Waals surface area contributed by atoms with Gasteiger partial charge in [0.05, 0.1) is 11.8 Å². The third-order valence-electron chi connectivity index (χ3n) is 4.20. The number of amides is 1. The summed E-state index contributed by atoms with van der Waals surface area (Å²) in [5.41, 5.74) is -1.75. The normalized spacial score (nSPS) is 15.1. The van der Waals surface area contributed by atoms with E-state index in [0.717, 1.165) is 13.2 Å². The van der Waals surface area contributed by atoms with Crippen molar-refractivity contribution in [1.29, 1.82) is 0 Å². The lowest BCUT2D eigenvalue weighted by Crippen LogP contribution is -2.49. The number of piperazine rings is 1. The van der Waals surface area contributed by atoms with Crippen molar-refractivity contribution in [2.45, 2.75) is 6.18 Å². The predicted octanol–water partition coefficient (Wildman–Crippen LogP) is 0.889. The number of aromatic nitrogens is 4. The maximum atomic E-state index is 13.1. The summed E-state index contributed by atoms with van der Waals surface area (Å²) in [6.45, 7) is 1.03. The average Bonchev–Trinajstić information content (AvgIpc) is 3.03. The molecule has 0 spiro atoms. The fourth-order valence-corrected chi connectivity index (χ4v) is 2.85. The molecule has 2 aromatic rings. The zero-order valence-electron chi connectivity index (χ0n) is 14.1. The van der Waals surface area contributed by atoms with Crippen LogP contribution in [0.25, 0.3) is 0 Å². The Labute approximate surface area is 151 Å². The fraction of sp³-hybridized carbons (Fsp3) is 0.400. The molecule has 0 saturated carbocycles. The highest BCUT2D eigenvalue weighted by Gasteiger charge is 2.40. The summed E-state index contributed by atoms with van der Waals surface area (Å²) < 4.78 is 40.1. The van der Waals surface area contributed by atoms with Crippen molar-refractivity contribution in [3.8, 4) is 0 Å². The standard InChI is InChI=1S/C15H15F3N6O3/c1-22-12(15(16,17)18)9(8-19-22)13(25)24-6-4-23(5-7-24)11-3-2-10(14(26)27)20-21-11/h2-3,8H,4-7H2,1H3,(H,26,27). The summed E-state index contributed by atoms with van der Waals surface area (Å²) in [5, 5.41) is 19.8. The van der Waals surface area contributed by atoms with Crippen molar-refractivity contribution in [2.75, 3.05) is 31.1 Å². The number of carboxylic acid groups (broad SMARTS) is 1. The molecule has 12 heteroatoms. The third kappa shape index (κ3) is 3.68. The van der Waals surface area contributed by atoms with Gasteiger partial charge < -0.3 is 14.9 Å². The molecule has 0 radical (unpaired) electrons. The van der Waals surface area contributed by atoms with Gasteiger partial charge in [-0.25, -0.2) is 4.79 Å². The number of aryl methyl sites for hydroxylation is 1. The second-order valence-corrected chi connectivity index (χ2v) is 5.89. The summed E-state index contributed by atoms with van der Waals surface area (Å²) in [6.07, 6.45) is -3.76. The molecule has 1 N–H and O–H groups in total. The zero-order valence-corrected chi connectivity index (χ0v) is 14.1. The highest BCUT2D eigenvalue weighted by Crippen LogP contribution is 2.32. The first kappa shape index (κ1) is 18.6. The van der Waals surface area contributed by atoms with E-state index in [-0.39, 0.29) is 18.8 Å². The number of rotatable bonds is 3. The monoisotopic (exact) mass is 384 g/mol. The Hall–Kier alpha value is -3.18. The predicted molar refractivity (Wildman–Crippen MR) is 85.3 cm³/mol. The lowest BCUT2D eigenvalue weighted by molar-refractivity contribution is -0.144. The Morgan fingerprint density at radius 3 is 2.30 bits per heavy atom. The van der Waals surface area contributed by atoms with Crippen LogP contribution in [0.1, 0.15) is 26.5 Å². The number of nitrogens with zero attached hydrogens (tertiary/aromatic N) is 6. The summed E-state index contributed by atoms with van der Waals surface area (Å²) in [4.78, 5) is 26.4. The van der Waals surface area contributed by atoms with Crippen molar-refractivity contribution < 1.29 is 27.9 Å². The molecule has 9 nitrogen and oxygen atoms in total. The van der Waals surface area contributed by atoms with Crippen molar-refractivity contribution in [2.24, 2.45) is 7.05 Å². The molecule has 3 rings (SSSR count). The van der Waals surface area contributed by atoms with Gasteiger partial charge in [-0.1, -0.05) is 0 Å². The van der Waals surface area contributed by atoms with Gasteiger partial charge >= 0.3 is 12.1 Å². The van der Waals surface area contributed by atoms with E-state index in [1.807, 2.05) is 0 Å². The second kappa shape index (κ2) is 6.85. The molecule has 1 aliphatic rings. The van der Waals surface area contributed by atoms with Crippen LogP contribution in [-0.4, -0.2) is 68.0 Å². The maximum Gasteiger partial charge on any atom is 0.433 e. The van der Waals surface area contributed by atoms with Gasteiger partial charge in [-0.15, -0.1) is 10.2 Å². The van der Waals surface area contributed by atoms with Crippen molar-refractivity contribution in [3.05, 3.63) is 35.3 Å². The number of carbonyl (C=O) groups excluding carboxylic acids is 1. The number of hydrogen-bond donors (Lipinski definition) is 1. The van der Waals surface area contributed by atoms with Gasteiger partial charge in [-0.2, -0.15) is 18.3 Å². The molecule has 1 saturated heterocycles. The van der Waals surface area contributed by atoms with E-state index in [1.165, 1.54) is 17.0 Å². The number of hydrogen-bond acceptors (Lipinski definition) is 6. The Balaban J connectivity index is 1.69. The summed E-state index contributed by atoms with van der Waals surface area (Å²) in [7, 11) is 1.14. The maximum absolute atomic E-state index is 13.1. The minimum atomic E-state index is -4.68. The Bertz CT molecular complexity index is 857. The Morgan fingerprint density at radius 1 is 1.11 bits per heavy atom. The fourth-order valence-electron chi connectivity index (χ4n) is 2.85. The van der Waals surface area contributed by atoms with E-state index in [4.69, 9.17) is 5.11 Å². The first-order valence-corrected chi connectivity index (χ1v) is 7.89. The molecule has 3 heterocycles. The van der Waals surface area contributed by atoms with Gasteiger partial charge in [0.2, 0.25) is 0 Å². The molecule has 0 bridgehead atoms. The van der Waals surface area contributed by atoms with Gasteiger partial charge in [0.25, 0.3) is 5.91 Å². The number of halogens is 3. The molecule has 1 amide bonds. The van der Waals surface area contributed by atoms with E-state index < -0.39 is 29.3 Å². The smallest absolute Gasteiger partial charge is 0.433 e. The van der Waals surface area contributed by atoms with Crippen LogP contribution >= 0.6 is 0 Å². The largest absolute Gasteiger partial charge is 0.476 e. The summed E-state index contributed by atoms with van der Waals surface area (Å²) in [6, 6.07) is 2.81. The van der Waals surface area contributed by atoms with Crippen LogP contribution in [0.4, 0.5) is 19.0 Å². The molecule has 2 aromatic heterocycles. The molecule has 1 fully saturated rings. The van der Waals surface area contributed by atoms with E-state index in [9.17, 15) is 22.8 Å².